The summed E-state index contributed by atoms with van der Waals surface area (Å²) in [5.74, 6) is 3.54. The van der Waals surface area contributed by atoms with E-state index in [-0.39, 0.29) is 29.3 Å². The van der Waals surface area contributed by atoms with Crippen LogP contribution in [0.5, 0.6) is 23.0 Å². The van der Waals surface area contributed by atoms with Crippen LogP contribution in [0.1, 0.15) is 79.5 Å². The van der Waals surface area contributed by atoms with Gasteiger partial charge in [-0.15, -0.1) is 10.2 Å². The van der Waals surface area contributed by atoms with Crippen molar-refractivity contribution in [3.63, 3.8) is 0 Å². The average molecular weight is 557 g/mol. The molecule has 5 rings (SSSR count). The smallest absolute Gasteiger partial charge is 0.248 e. The van der Waals surface area contributed by atoms with E-state index in [4.69, 9.17) is 23.4 Å². The monoisotopic (exact) mass is 556 g/mol. The summed E-state index contributed by atoms with van der Waals surface area (Å²) < 4.78 is 30.6. The number of nitrogens with zero attached hydrogens (tertiary/aromatic N) is 2. The molecular weight excluding hydrogens is 516 g/mol. The summed E-state index contributed by atoms with van der Waals surface area (Å²) in [7, 11) is 0. The van der Waals surface area contributed by atoms with E-state index < -0.39 is 0 Å². The Kier molecular flexibility index (Phi) is 7.60. The number of benzene rings is 3. The lowest BCUT2D eigenvalue weighted by Gasteiger charge is -2.25. The van der Waals surface area contributed by atoms with Crippen LogP contribution in [0.15, 0.2) is 65.1 Å². The number of ether oxygens (including phenoxy) is 4. The van der Waals surface area contributed by atoms with E-state index in [0.29, 0.717) is 29.0 Å². The van der Waals surface area contributed by atoms with Crippen molar-refractivity contribution in [2.24, 2.45) is 0 Å². The quantitative estimate of drug-likeness (QED) is 0.200. The van der Waals surface area contributed by atoms with Crippen LogP contribution >= 0.6 is 0 Å². The van der Waals surface area contributed by atoms with Gasteiger partial charge in [-0.25, -0.2) is 0 Å². The molecular formula is C34H40N2O5. The van der Waals surface area contributed by atoms with Gasteiger partial charge in [0.1, 0.15) is 23.2 Å². The number of hydrogen-bond donors (Lipinski definition) is 0. The highest BCUT2D eigenvalue weighted by molar-refractivity contribution is 5.60. The molecule has 1 aliphatic heterocycles. The molecule has 0 spiro atoms. The van der Waals surface area contributed by atoms with Crippen LogP contribution in [-0.4, -0.2) is 28.0 Å². The number of hydrogen-bond acceptors (Lipinski definition) is 7. The lowest BCUT2D eigenvalue weighted by atomic mass is 9.87. The maximum absolute atomic E-state index is 6.35. The molecule has 1 aliphatic rings. The second-order valence-electron chi connectivity index (χ2n) is 12.8. The largest absolute Gasteiger partial charge is 0.488 e. The minimum absolute atomic E-state index is 0.0402. The minimum Gasteiger partial charge on any atom is -0.488 e. The predicted octanol–water partition coefficient (Wildman–Crippen LogP) is 8.92. The summed E-state index contributed by atoms with van der Waals surface area (Å²) in [6, 6.07) is 19.7. The lowest BCUT2D eigenvalue weighted by molar-refractivity contribution is 0.127. The zero-order chi connectivity index (χ0) is 29.5. The fraction of sp³-hybridized carbons (Fsp3) is 0.412. The van der Waals surface area contributed by atoms with Gasteiger partial charge in [0.15, 0.2) is 11.5 Å². The Labute approximate surface area is 242 Å². The molecule has 216 valence electrons. The zero-order valence-corrected chi connectivity index (χ0v) is 25.4. The van der Waals surface area contributed by atoms with E-state index >= 15 is 0 Å². The molecule has 1 fully saturated rings. The first-order valence-corrected chi connectivity index (χ1v) is 14.2. The predicted molar refractivity (Wildman–Crippen MR) is 160 cm³/mol. The molecule has 4 aromatic rings. The second kappa shape index (κ2) is 10.9. The van der Waals surface area contributed by atoms with Crippen LogP contribution in [0.3, 0.4) is 0 Å². The molecule has 1 saturated heterocycles. The topological polar surface area (TPSA) is 79.1 Å². The van der Waals surface area contributed by atoms with E-state index in [1.165, 1.54) is 5.56 Å². The lowest BCUT2D eigenvalue weighted by Crippen LogP contribution is -2.23. The third kappa shape index (κ3) is 6.91. The van der Waals surface area contributed by atoms with Gasteiger partial charge in [0, 0.05) is 22.8 Å². The van der Waals surface area contributed by atoms with Crippen LogP contribution < -0.4 is 14.2 Å². The van der Waals surface area contributed by atoms with E-state index in [9.17, 15) is 0 Å². The van der Waals surface area contributed by atoms with Crippen molar-refractivity contribution in [1.29, 1.82) is 0 Å². The molecule has 3 aromatic carbocycles. The molecule has 0 aliphatic carbocycles. The Bertz CT molecular complexity index is 1490. The molecule has 41 heavy (non-hydrogen) atoms. The third-order valence-electron chi connectivity index (χ3n) is 6.62. The highest BCUT2D eigenvalue weighted by Gasteiger charge is 2.39. The minimum atomic E-state index is -0.370. The van der Waals surface area contributed by atoms with E-state index in [1.807, 2.05) is 90.1 Å². The van der Waals surface area contributed by atoms with E-state index in [2.05, 4.69) is 43.1 Å². The third-order valence-corrected chi connectivity index (χ3v) is 6.62. The summed E-state index contributed by atoms with van der Waals surface area (Å²) in [6.45, 7) is 18.7. The molecule has 2 heterocycles. The van der Waals surface area contributed by atoms with Gasteiger partial charge < -0.3 is 23.4 Å². The van der Waals surface area contributed by atoms with Crippen LogP contribution in [0.4, 0.5) is 0 Å². The van der Waals surface area contributed by atoms with Crippen molar-refractivity contribution >= 4 is 0 Å². The van der Waals surface area contributed by atoms with Crippen LogP contribution in [-0.2, 0) is 10.2 Å². The molecule has 2 unspecified atom stereocenters. The van der Waals surface area contributed by atoms with Gasteiger partial charge in [-0.05, 0) is 95.0 Å². The van der Waals surface area contributed by atoms with Crippen molar-refractivity contribution in [3.05, 3.63) is 71.8 Å². The average Bonchev–Trinajstić information content (AvgIpc) is 3.40. The number of aromatic nitrogens is 2. The maximum Gasteiger partial charge on any atom is 0.248 e. The maximum atomic E-state index is 6.35. The van der Waals surface area contributed by atoms with Crippen molar-refractivity contribution in [3.8, 4) is 45.9 Å². The van der Waals surface area contributed by atoms with Gasteiger partial charge in [0.05, 0.1) is 12.2 Å². The van der Waals surface area contributed by atoms with Gasteiger partial charge in [-0.3, -0.25) is 0 Å². The summed E-state index contributed by atoms with van der Waals surface area (Å²) in [5.41, 5.74) is 3.60. The fourth-order valence-electron chi connectivity index (χ4n) is 4.50. The van der Waals surface area contributed by atoms with Crippen molar-refractivity contribution in [2.45, 2.75) is 91.6 Å². The summed E-state index contributed by atoms with van der Waals surface area (Å²) in [6.07, 6.45) is 0.0409. The summed E-state index contributed by atoms with van der Waals surface area (Å²) in [4.78, 5) is 0. The highest BCUT2D eigenvalue weighted by Crippen LogP contribution is 2.48. The molecule has 0 radical (unpaired) electrons. The zero-order valence-electron chi connectivity index (χ0n) is 25.4. The van der Waals surface area contributed by atoms with Crippen LogP contribution in [0.2, 0.25) is 0 Å². The first-order chi connectivity index (χ1) is 19.3. The number of epoxide rings is 1. The number of rotatable bonds is 8. The van der Waals surface area contributed by atoms with Crippen molar-refractivity contribution in [1.82, 2.24) is 10.2 Å². The van der Waals surface area contributed by atoms with Gasteiger partial charge >= 0.3 is 0 Å². The second-order valence-corrected chi connectivity index (χ2v) is 12.8. The molecule has 0 saturated carbocycles. The van der Waals surface area contributed by atoms with Crippen molar-refractivity contribution < 1.29 is 23.4 Å². The summed E-state index contributed by atoms with van der Waals surface area (Å²) >= 11 is 0. The van der Waals surface area contributed by atoms with E-state index in [1.54, 1.807) is 0 Å². The first-order valence-electron chi connectivity index (χ1n) is 14.2. The van der Waals surface area contributed by atoms with Gasteiger partial charge in [-0.2, -0.15) is 0 Å². The van der Waals surface area contributed by atoms with Crippen LogP contribution in [0, 0.1) is 0 Å². The Morgan fingerprint density at radius 1 is 0.756 bits per heavy atom. The standard InChI is InChI=1S/C34H40N2O5/c1-20(2)37-29-19-27(41-34(7,8)9)26(30-21(3)38-30)18-28(29)39-25-16-12-23(13-17-25)32-36-35-31(40-32)22-10-14-24(15-11-22)33(4,5)6/h10-21,30H,1-9H3. The molecule has 1 aromatic heterocycles. The van der Waals surface area contributed by atoms with Gasteiger partial charge in [-0.1, -0.05) is 32.9 Å². The summed E-state index contributed by atoms with van der Waals surface area (Å²) in [5, 5.41) is 8.54. The molecule has 0 N–H and O–H groups in total. The fourth-order valence-corrected chi connectivity index (χ4v) is 4.50. The normalized spacial score (nSPS) is 17.0. The Morgan fingerprint density at radius 2 is 1.32 bits per heavy atom. The van der Waals surface area contributed by atoms with Crippen LogP contribution in [0.25, 0.3) is 22.9 Å². The molecule has 7 heteroatoms. The molecule has 7 nitrogen and oxygen atoms in total. The van der Waals surface area contributed by atoms with Gasteiger partial charge in [0.2, 0.25) is 11.8 Å². The Hall–Kier alpha value is -3.84. The first kappa shape index (κ1) is 28.7. The molecule has 0 amide bonds. The molecule has 2 atom stereocenters. The van der Waals surface area contributed by atoms with Gasteiger partial charge in [0.25, 0.3) is 0 Å². The SMILES string of the molecule is CC(C)Oc1cc(OC(C)(C)C)c(C2OC2C)cc1Oc1ccc(-c2nnc(-c3ccc(C(C)(C)C)cc3)o2)cc1. The Morgan fingerprint density at radius 3 is 1.80 bits per heavy atom. The Balaban J connectivity index is 1.38. The molecule has 0 bridgehead atoms. The van der Waals surface area contributed by atoms with E-state index in [0.717, 1.165) is 22.4 Å². The highest BCUT2D eigenvalue weighted by atomic mass is 16.6. The van der Waals surface area contributed by atoms with Crippen molar-refractivity contribution in [2.75, 3.05) is 0 Å².